The second kappa shape index (κ2) is 5.26. The molecule has 0 bridgehead atoms. The van der Waals surface area contributed by atoms with Crippen LogP contribution in [-0.2, 0) is 9.84 Å². The van der Waals surface area contributed by atoms with Gasteiger partial charge in [0, 0.05) is 5.56 Å². The number of aryl methyl sites for hydroxylation is 1. The summed E-state index contributed by atoms with van der Waals surface area (Å²) in [6.07, 6.45) is 1.92. The standard InChI is InChI=1S/C17H18O3S/c1-12-9-10-13-6-2-3-7-14(13)16(12)17(18)15-8-4-5-11-21(15,19)20/h2-3,6-7,9-10,15H,4-5,8,11H2,1H3. The molecule has 0 amide bonds. The summed E-state index contributed by atoms with van der Waals surface area (Å²) >= 11 is 0. The highest BCUT2D eigenvalue weighted by Crippen LogP contribution is 2.28. The van der Waals surface area contributed by atoms with Crippen LogP contribution in [0.25, 0.3) is 10.8 Å². The van der Waals surface area contributed by atoms with Gasteiger partial charge in [0.25, 0.3) is 0 Å². The fourth-order valence-corrected chi connectivity index (χ4v) is 4.98. The van der Waals surface area contributed by atoms with E-state index in [0.717, 1.165) is 22.8 Å². The number of fused-ring (bicyclic) bond motifs is 1. The van der Waals surface area contributed by atoms with Crippen LogP contribution < -0.4 is 0 Å². The van der Waals surface area contributed by atoms with E-state index in [0.29, 0.717) is 18.4 Å². The number of carbonyl (C=O) groups excluding carboxylic acids is 1. The zero-order chi connectivity index (χ0) is 15.0. The van der Waals surface area contributed by atoms with Gasteiger partial charge in [0.15, 0.2) is 15.6 Å². The summed E-state index contributed by atoms with van der Waals surface area (Å²) in [5, 5.41) is 0.957. The summed E-state index contributed by atoms with van der Waals surface area (Å²) in [4.78, 5) is 12.9. The molecule has 1 atom stereocenters. The zero-order valence-electron chi connectivity index (χ0n) is 12.0. The minimum Gasteiger partial charge on any atom is -0.293 e. The number of Topliss-reactive ketones (excluding diaryl/α,β-unsaturated/α-hetero) is 1. The minimum atomic E-state index is -3.31. The van der Waals surface area contributed by atoms with Crippen LogP contribution in [0.2, 0.25) is 0 Å². The summed E-state index contributed by atoms with van der Waals surface area (Å²) in [6.45, 7) is 1.87. The third-order valence-corrected chi connectivity index (χ3v) is 6.43. The molecule has 0 radical (unpaired) electrons. The third-order valence-electron chi connectivity index (χ3n) is 4.25. The van der Waals surface area contributed by atoms with Crippen LogP contribution >= 0.6 is 0 Å². The Kier molecular flexibility index (Phi) is 3.57. The van der Waals surface area contributed by atoms with Gasteiger partial charge in [0.1, 0.15) is 5.25 Å². The average Bonchev–Trinajstić information content (AvgIpc) is 2.46. The Morgan fingerprint density at radius 2 is 1.86 bits per heavy atom. The van der Waals surface area contributed by atoms with E-state index in [1.54, 1.807) is 0 Å². The number of hydrogen-bond acceptors (Lipinski definition) is 3. The molecule has 1 aliphatic rings. The Hall–Kier alpha value is -1.68. The maximum absolute atomic E-state index is 12.9. The Morgan fingerprint density at radius 3 is 2.62 bits per heavy atom. The normalized spacial score (nSPS) is 21.3. The van der Waals surface area contributed by atoms with Crippen molar-refractivity contribution in [3.8, 4) is 0 Å². The van der Waals surface area contributed by atoms with E-state index in [1.807, 2.05) is 43.3 Å². The molecule has 1 fully saturated rings. The molecule has 0 spiro atoms. The lowest BCUT2D eigenvalue weighted by Gasteiger charge is -2.22. The first-order valence-electron chi connectivity index (χ1n) is 7.25. The molecule has 21 heavy (non-hydrogen) atoms. The smallest absolute Gasteiger partial charge is 0.181 e. The fourth-order valence-electron chi connectivity index (χ4n) is 3.12. The number of sulfone groups is 1. The maximum atomic E-state index is 12.9. The zero-order valence-corrected chi connectivity index (χ0v) is 12.8. The molecule has 3 nitrogen and oxygen atoms in total. The van der Waals surface area contributed by atoms with Crippen LogP contribution in [0.3, 0.4) is 0 Å². The largest absolute Gasteiger partial charge is 0.293 e. The van der Waals surface area contributed by atoms with Crippen LogP contribution in [-0.4, -0.2) is 25.2 Å². The molecule has 0 aliphatic carbocycles. The SMILES string of the molecule is Cc1ccc2ccccc2c1C(=O)C1CCCCS1(=O)=O. The molecular weight excluding hydrogens is 284 g/mol. The van der Waals surface area contributed by atoms with Gasteiger partial charge < -0.3 is 0 Å². The Morgan fingerprint density at radius 1 is 1.10 bits per heavy atom. The van der Waals surface area contributed by atoms with Crippen LogP contribution in [0.1, 0.15) is 35.2 Å². The van der Waals surface area contributed by atoms with E-state index >= 15 is 0 Å². The Bertz CT molecular complexity index is 806. The molecule has 3 rings (SSSR count). The van der Waals surface area contributed by atoms with Gasteiger partial charge in [-0.15, -0.1) is 0 Å². The Labute approximate surface area is 124 Å². The second-order valence-corrected chi connectivity index (χ2v) is 8.00. The van der Waals surface area contributed by atoms with E-state index < -0.39 is 15.1 Å². The first kappa shape index (κ1) is 14.3. The van der Waals surface area contributed by atoms with Crippen molar-refractivity contribution < 1.29 is 13.2 Å². The predicted molar refractivity (Wildman–Crippen MR) is 84.4 cm³/mol. The van der Waals surface area contributed by atoms with Crippen LogP contribution in [0.15, 0.2) is 36.4 Å². The van der Waals surface area contributed by atoms with Gasteiger partial charge >= 0.3 is 0 Å². The average molecular weight is 302 g/mol. The molecule has 0 saturated carbocycles. The minimum absolute atomic E-state index is 0.132. The summed E-state index contributed by atoms with van der Waals surface area (Å²) in [6, 6.07) is 11.5. The first-order valence-corrected chi connectivity index (χ1v) is 8.96. The molecule has 0 N–H and O–H groups in total. The molecule has 4 heteroatoms. The number of rotatable bonds is 2. The maximum Gasteiger partial charge on any atom is 0.181 e. The molecule has 110 valence electrons. The lowest BCUT2D eigenvalue weighted by atomic mass is 9.94. The van der Waals surface area contributed by atoms with Gasteiger partial charge in [0.2, 0.25) is 0 Å². The van der Waals surface area contributed by atoms with Gasteiger partial charge in [-0.1, -0.05) is 42.8 Å². The lowest BCUT2D eigenvalue weighted by Crippen LogP contribution is -2.35. The summed E-state index contributed by atoms with van der Waals surface area (Å²) in [5.74, 6) is -0.100. The molecule has 1 unspecified atom stereocenters. The van der Waals surface area contributed by atoms with Gasteiger partial charge in [-0.25, -0.2) is 8.42 Å². The molecule has 2 aromatic carbocycles. The number of carbonyl (C=O) groups is 1. The van der Waals surface area contributed by atoms with Crippen molar-refractivity contribution >= 4 is 26.4 Å². The number of ketones is 1. The molecule has 2 aromatic rings. The van der Waals surface area contributed by atoms with Crippen LogP contribution in [0, 0.1) is 6.92 Å². The quantitative estimate of drug-likeness (QED) is 0.800. The van der Waals surface area contributed by atoms with Gasteiger partial charge in [-0.3, -0.25) is 4.79 Å². The predicted octanol–water partition coefficient (Wildman–Crippen LogP) is 3.30. The van der Waals surface area contributed by atoms with Crippen molar-refractivity contribution in [2.45, 2.75) is 31.4 Å². The monoisotopic (exact) mass is 302 g/mol. The van der Waals surface area contributed by atoms with Crippen molar-refractivity contribution in [3.05, 3.63) is 47.5 Å². The van der Waals surface area contributed by atoms with Gasteiger partial charge in [-0.05, 0) is 36.1 Å². The molecule has 1 aliphatic heterocycles. The van der Waals surface area contributed by atoms with E-state index in [1.165, 1.54) is 0 Å². The summed E-state index contributed by atoms with van der Waals surface area (Å²) in [5.41, 5.74) is 1.42. The van der Waals surface area contributed by atoms with Gasteiger partial charge in [0.05, 0.1) is 5.75 Å². The van der Waals surface area contributed by atoms with Crippen LogP contribution in [0.5, 0.6) is 0 Å². The fraction of sp³-hybridized carbons (Fsp3) is 0.353. The van der Waals surface area contributed by atoms with E-state index in [-0.39, 0.29) is 11.5 Å². The van der Waals surface area contributed by atoms with E-state index in [2.05, 4.69) is 0 Å². The van der Waals surface area contributed by atoms with Crippen molar-refractivity contribution in [1.29, 1.82) is 0 Å². The molecule has 1 heterocycles. The summed E-state index contributed by atoms with van der Waals surface area (Å²) in [7, 11) is -3.31. The van der Waals surface area contributed by atoms with Crippen LogP contribution in [0.4, 0.5) is 0 Å². The lowest BCUT2D eigenvalue weighted by molar-refractivity contribution is 0.0982. The second-order valence-electron chi connectivity index (χ2n) is 5.69. The van der Waals surface area contributed by atoms with E-state index in [9.17, 15) is 13.2 Å². The topological polar surface area (TPSA) is 51.2 Å². The highest BCUT2D eigenvalue weighted by atomic mass is 32.2. The first-order chi connectivity index (χ1) is 10.0. The molecule has 1 saturated heterocycles. The number of hydrogen-bond donors (Lipinski definition) is 0. The molecule has 0 aromatic heterocycles. The van der Waals surface area contributed by atoms with Gasteiger partial charge in [-0.2, -0.15) is 0 Å². The Balaban J connectivity index is 2.16. The molecular formula is C17H18O3S. The van der Waals surface area contributed by atoms with Crippen molar-refractivity contribution in [2.75, 3.05) is 5.75 Å². The number of benzene rings is 2. The van der Waals surface area contributed by atoms with Crippen molar-refractivity contribution in [2.24, 2.45) is 0 Å². The highest BCUT2D eigenvalue weighted by molar-refractivity contribution is 7.92. The third kappa shape index (κ3) is 2.48. The van der Waals surface area contributed by atoms with Crippen molar-refractivity contribution in [1.82, 2.24) is 0 Å². The summed E-state index contributed by atoms with van der Waals surface area (Å²) < 4.78 is 24.4. The van der Waals surface area contributed by atoms with Crippen molar-refractivity contribution in [3.63, 3.8) is 0 Å². The van der Waals surface area contributed by atoms with E-state index in [4.69, 9.17) is 0 Å². The highest BCUT2D eigenvalue weighted by Gasteiger charge is 2.36.